The number of benzene rings is 1. The van der Waals surface area contributed by atoms with Crippen molar-refractivity contribution in [3.8, 4) is 0 Å². The summed E-state index contributed by atoms with van der Waals surface area (Å²) >= 11 is 0. The molecule has 2 atom stereocenters. The van der Waals surface area contributed by atoms with Gasteiger partial charge in [0.25, 0.3) is 5.91 Å². The summed E-state index contributed by atoms with van der Waals surface area (Å²) < 4.78 is 0. The third-order valence-electron chi connectivity index (χ3n) is 6.38. The molecule has 1 saturated heterocycles. The van der Waals surface area contributed by atoms with E-state index >= 15 is 0 Å². The average Bonchev–Trinajstić information content (AvgIpc) is 3.04. The van der Waals surface area contributed by atoms with Gasteiger partial charge in [0.2, 0.25) is 0 Å². The van der Waals surface area contributed by atoms with Crippen LogP contribution in [0.15, 0.2) is 41.6 Å². The maximum Gasteiger partial charge on any atom is 0.322 e. The molecule has 1 fully saturated rings. The van der Waals surface area contributed by atoms with Crippen LogP contribution in [0.1, 0.15) is 44.2 Å². The van der Waals surface area contributed by atoms with E-state index in [4.69, 9.17) is 0 Å². The van der Waals surface area contributed by atoms with Crippen LogP contribution in [-0.2, 0) is 4.79 Å². The number of nitrogens with zero attached hydrogens (tertiary/aromatic N) is 3. The van der Waals surface area contributed by atoms with Gasteiger partial charge in [0.05, 0.1) is 23.9 Å². The van der Waals surface area contributed by atoms with Gasteiger partial charge in [-0.25, -0.2) is 4.79 Å². The molecule has 1 N–H and O–H groups in total. The highest BCUT2D eigenvalue weighted by Gasteiger charge is 2.42. The van der Waals surface area contributed by atoms with Crippen molar-refractivity contribution in [1.82, 2.24) is 20.0 Å². The van der Waals surface area contributed by atoms with Crippen molar-refractivity contribution < 1.29 is 9.59 Å². The molecule has 0 saturated carbocycles. The molecule has 150 valence electrons. The number of likely N-dealkylation sites (tertiary alicyclic amines) is 1. The normalized spacial score (nSPS) is 25.9. The number of amides is 3. The molecule has 1 aromatic rings. The van der Waals surface area contributed by atoms with Gasteiger partial charge < -0.3 is 15.1 Å². The third-order valence-corrected chi connectivity index (χ3v) is 6.38. The van der Waals surface area contributed by atoms with Gasteiger partial charge in [-0.2, -0.15) is 0 Å². The first kappa shape index (κ1) is 19.0. The smallest absolute Gasteiger partial charge is 0.322 e. The zero-order valence-electron chi connectivity index (χ0n) is 16.9. The molecule has 2 unspecified atom stereocenters. The SMILES string of the molecule is CC1CCCCN1CCCN1CC2=C(C1=O)C(c1ccccc1)NC(=O)N2C. The van der Waals surface area contributed by atoms with Crippen LogP contribution in [0, 0.1) is 0 Å². The van der Waals surface area contributed by atoms with E-state index in [9.17, 15) is 9.59 Å². The van der Waals surface area contributed by atoms with E-state index in [2.05, 4.69) is 17.1 Å². The summed E-state index contributed by atoms with van der Waals surface area (Å²) in [5.74, 6) is 0.0578. The molecule has 28 heavy (non-hydrogen) atoms. The van der Waals surface area contributed by atoms with Crippen molar-refractivity contribution in [2.24, 2.45) is 0 Å². The molecule has 6 nitrogen and oxygen atoms in total. The molecular formula is C22H30N4O2. The van der Waals surface area contributed by atoms with E-state index in [-0.39, 0.29) is 18.0 Å². The quantitative estimate of drug-likeness (QED) is 0.852. The average molecular weight is 383 g/mol. The van der Waals surface area contributed by atoms with Crippen molar-refractivity contribution in [2.45, 2.75) is 44.7 Å². The van der Waals surface area contributed by atoms with Crippen LogP contribution in [0.25, 0.3) is 0 Å². The number of nitrogens with one attached hydrogen (secondary N) is 1. The highest BCUT2D eigenvalue weighted by Crippen LogP contribution is 2.35. The number of carbonyl (C=O) groups excluding carboxylic acids is 2. The molecule has 0 bridgehead atoms. The number of rotatable bonds is 5. The molecule has 4 rings (SSSR count). The Morgan fingerprint density at radius 1 is 1.11 bits per heavy atom. The summed E-state index contributed by atoms with van der Waals surface area (Å²) in [4.78, 5) is 31.7. The fourth-order valence-electron chi connectivity index (χ4n) is 4.65. The second-order valence-corrected chi connectivity index (χ2v) is 8.17. The monoisotopic (exact) mass is 382 g/mol. The Morgan fingerprint density at radius 2 is 1.89 bits per heavy atom. The number of piperidine rings is 1. The molecule has 0 aliphatic carbocycles. The Kier molecular flexibility index (Phi) is 5.40. The van der Waals surface area contributed by atoms with Crippen LogP contribution < -0.4 is 5.32 Å². The first-order valence-electron chi connectivity index (χ1n) is 10.4. The molecular weight excluding hydrogens is 352 g/mol. The van der Waals surface area contributed by atoms with Crippen LogP contribution in [0.3, 0.4) is 0 Å². The Bertz CT molecular complexity index is 776. The van der Waals surface area contributed by atoms with Crippen LogP contribution in [0.4, 0.5) is 4.79 Å². The van der Waals surface area contributed by atoms with Crippen molar-refractivity contribution in [1.29, 1.82) is 0 Å². The lowest BCUT2D eigenvalue weighted by molar-refractivity contribution is -0.125. The predicted molar refractivity (Wildman–Crippen MR) is 109 cm³/mol. The summed E-state index contributed by atoms with van der Waals surface area (Å²) in [7, 11) is 1.75. The van der Waals surface area contributed by atoms with Crippen molar-refractivity contribution in [2.75, 3.05) is 33.2 Å². The zero-order valence-corrected chi connectivity index (χ0v) is 16.9. The molecule has 1 aromatic carbocycles. The number of hydrogen-bond acceptors (Lipinski definition) is 3. The van der Waals surface area contributed by atoms with Gasteiger partial charge in [-0.15, -0.1) is 0 Å². The standard InChI is InChI=1S/C22H30N4O2/c1-16-9-6-7-12-25(16)13-8-14-26-15-18-19(21(26)27)20(23-22(28)24(18)2)17-10-4-3-5-11-17/h3-5,10-11,16,20H,6-9,12-15H2,1-2H3,(H,23,28). The van der Waals surface area contributed by atoms with Gasteiger partial charge in [0, 0.05) is 26.2 Å². The Balaban J connectivity index is 1.45. The van der Waals surface area contributed by atoms with Crippen molar-refractivity contribution in [3.63, 3.8) is 0 Å². The molecule has 3 aliphatic heterocycles. The van der Waals surface area contributed by atoms with Crippen LogP contribution in [0.2, 0.25) is 0 Å². The van der Waals surface area contributed by atoms with E-state index in [1.54, 1.807) is 11.9 Å². The molecule has 0 spiro atoms. The van der Waals surface area contributed by atoms with Gasteiger partial charge in [-0.3, -0.25) is 9.69 Å². The van der Waals surface area contributed by atoms with E-state index in [1.165, 1.54) is 25.8 Å². The second kappa shape index (κ2) is 7.95. The van der Waals surface area contributed by atoms with Crippen molar-refractivity contribution >= 4 is 11.9 Å². The minimum absolute atomic E-state index is 0.0578. The van der Waals surface area contributed by atoms with Crippen molar-refractivity contribution in [3.05, 3.63) is 47.2 Å². The fourth-order valence-corrected chi connectivity index (χ4v) is 4.65. The Labute approximate surface area is 167 Å². The molecule has 0 radical (unpaired) electrons. The van der Waals surface area contributed by atoms with E-state index in [1.807, 2.05) is 35.2 Å². The molecule has 0 aromatic heterocycles. The molecule has 6 heteroatoms. The highest BCUT2D eigenvalue weighted by atomic mass is 16.2. The molecule has 3 aliphatic rings. The Hall–Kier alpha value is -2.34. The van der Waals surface area contributed by atoms with Crippen LogP contribution in [0.5, 0.6) is 0 Å². The lowest BCUT2D eigenvalue weighted by Crippen LogP contribution is -2.45. The molecule has 3 amide bonds. The maximum atomic E-state index is 13.2. The third kappa shape index (κ3) is 3.53. The fraction of sp³-hybridized carbons (Fsp3) is 0.545. The van der Waals surface area contributed by atoms with E-state index in [0.717, 1.165) is 36.3 Å². The van der Waals surface area contributed by atoms with Crippen LogP contribution >= 0.6 is 0 Å². The maximum absolute atomic E-state index is 13.2. The van der Waals surface area contributed by atoms with Gasteiger partial charge in [0.15, 0.2) is 0 Å². The van der Waals surface area contributed by atoms with E-state index < -0.39 is 0 Å². The lowest BCUT2D eigenvalue weighted by Gasteiger charge is -2.33. The summed E-state index contributed by atoms with van der Waals surface area (Å²) in [6, 6.07) is 9.89. The summed E-state index contributed by atoms with van der Waals surface area (Å²) in [5, 5.41) is 2.99. The zero-order chi connectivity index (χ0) is 19.7. The first-order valence-corrected chi connectivity index (χ1v) is 10.4. The molecule has 3 heterocycles. The first-order chi connectivity index (χ1) is 13.6. The summed E-state index contributed by atoms with van der Waals surface area (Å²) in [6.45, 7) is 5.76. The number of hydrogen-bond donors (Lipinski definition) is 1. The number of urea groups is 1. The second-order valence-electron chi connectivity index (χ2n) is 8.17. The van der Waals surface area contributed by atoms with Gasteiger partial charge >= 0.3 is 6.03 Å². The predicted octanol–water partition coefficient (Wildman–Crippen LogP) is 2.74. The largest absolute Gasteiger partial charge is 0.333 e. The van der Waals surface area contributed by atoms with Gasteiger partial charge in [0.1, 0.15) is 0 Å². The topological polar surface area (TPSA) is 55.9 Å². The minimum Gasteiger partial charge on any atom is -0.333 e. The number of likely N-dealkylation sites (N-methyl/N-ethyl adjacent to an activating group) is 1. The summed E-state index contributed by atoms with van der Waals surface area (Å²) in [5.41, 5.74) is 2.52. The highest BCUT2D eigenvalue weighted by molar-refractivity contribution is 6.01. The van der Waals surface area contributed by atoms with Crippen LogP contribution in [-0.4, -0.2) is 65.9 Å². The number of carbonyl (C=O) groups is 2. The van der Waals surface area contributed by atoms with Gasteiger partial charge in [-0.05, 0) is 38.3 Å². The van der Waals surface area contributed by atoms with Gasteiger partial charge in [-0.1, -0.05) is 36.8 Å². The van der Waals surface area contributed by atoms with E-state index in [0.29, 0.717) is 12.6 Å². The summed E-state index contributed by atoms with van der Waals surface area (Å²) in [6.07, 6.45) is 4.85. The Morgan fingerprint density at radius 3 is 2.64 bits per heavy atom. The lowest BCUT2D eigenvalue weighted by atomic mass is 9.96. The minimum atomic E-state index is -0.362.